The van der Waals surface area contributed by atoms with Crippen LogP contribution in [0.4, 0.5) is 26.3 Å². The topological polar surface area (TPSA) is 33.1 Å². The zero-order chi connectivity index (χ0) is 18.8. The van der Waals surface area contributed by atoms with Gasteiger partial charge in [0.2, 0.25) is 5.90 Å². The summed E-state index contributed by atoms with van der Waals surface area (Å²) in [5.74, 6) is -0.130. The van der Waals surface area contributed by atoms with Crippen molar-refractivity contribution in [1.82, 2.24) is 0 Å². The molecule has 0 heterocycles. The highest BCUT2D eigenvalue weighted by Crippen LogP contribution is 2.38. The first-order valence-corrected chi connectivity index (χ1v) is 7.14. The molecule has 0 atom stereocenters. The van der Waals surface area contributed by atoms with Crippen molar-refractivity contribution in [3.05, 3.63) is 59.2 Å². The maximum Gasteiger partial charge on any atom is 0.416 e. The van der Waals surface area contributed by atoms with Crippen LogP contribution in [0.3, 0.4) is 0 Å². The smallest absolute Gasteiger partial charge is 0.416 e. The summed E-state index contributed by atoms with van der Waals surface area (Å²) in [6.45, 7) is 1.95. The molecule has 0 unspecified atom stereocenters. The molecule has 0 saturated carbocycles. The molecule has 0 spiro atoms. The lowest BCUT2D eigenvalue weighted by molar-refractivity contribution is -0.143. The fourth-order valence-corrected chi connectivity index (χ4v) is 2.16. The van der Waals surface area contributed by atoms with Crippen LogP contribution >= 0.6 is 0 Å². The molecule has 0 saturated heterocycles. The minimum Gasteiger partial charge on any atom is -0.478 e. The fraction of sp³-hybridized carbons (Fsp3) is 0.235. The lowest BCUT2D eigenvalue weighted by Crippen LogP contribution is -2.11. The van der Waals surface area contributed by atoms with Gasteiger partial charge in [-0.1, -0.05) is 12.1 Å². The van der Waals surface area contributed by atoms with Gasteiger partial charge in [0.1, 0.15) is 0 Å². The maximum atomic E-state index is 12.9. The second-order valence-corrected chi connectivity index (χ2v) is 5.13. The van der Waals surface area contributed by atoms with E-state index < -0.39 is 23.5 Å². The molecule has 2 aromatic rings. The summed E-state index contributed by atoms with van der Waals surface area (Å²) in [6, 6.07) is 6.91. The Kier molecular flexibility index (Phi) is 5.10. The van der Waals surface area contributed by atoms with Crippen molar-refractivity contribution >= 4 is 5.90 Å². The molecule has 2 aromatic carbocycles. The average molecular weight is 361 g/mol. The number of nitrogens with one attached hydrogen (secondary N) is 1. The van der Waals surface area contributed by atoms with E-state index in [1.54, 1.807) is 6.92 Å². The monoisotopic (exact) mass is 361 g/mol. The predicted molar refractivity (Wildman–Crippen MR) is 80.3 cm³/mol. The molecule has 8 heteroatoms. The van der Waals surface area contributed by atoms with E-state index in [0.717, 1.165) is 0 Å². The van der Waals surface area contributed by atoms with Gasteiger partial charge >= 0.3 is 12.4 Å². The van der Waals surface area contributed by atoms with Gasteiger partial charge in [0.05, 0.1) is 17.7 Å². The Morgan fingerprint density at radius 1 is 0.840 bits per heavy atom. The summed E-state index contributed by atoms with van der Waals surface area (Å²) in [4.78, 5) is 0. The normalized spacial score (nSPS) is 12.1. The molecular weight excluding hydrogens is 348 g/mol. The third kappa shape index (κ3) is 4.52. The molecule has 0 aliphatic carbocycles. The van der Waals surface area contributed by atoms with Crippen molar-refractivity contribution in [1.29, 1.82) is 5.41 Å². The molecule has 2 nitrogen and oxygen atoms in total. The van der Waals surface area contributed by atoms with E-state index in [0.29, 0.717) is 17.7 Å². The first kappa shape index (κ1) is 18.8. The van der Waals surface area contributed by atoms with Crippen molar-refractivity contribution < 1.29 is 31.1 Å². The molecule has 0 aromatic heterocycles. The van der Waals surface area contributed by atoms with E-state index in [2.05, 4.69) is 0 Å². The van der Waals surface area contributed by atoms with Gasteiger partial charge in [0.15, 0.2) is 0 Å². The van der Waals surface area contributed by atoms with Gasteiger partial charge in [-0.25, -0.2) is 0 Å². The molecule has 0 fully saturated rings. The maximum absolute atomic E-state index is 12.9. The Hall–Kier alpha value is -2.51. The number of benzene rings is 2. The molecule has 0 radical (unpaired) electrons. The molecule has 0 amide bonds. The molecule has 25 heavy (non-hydrogen) atoms. The van der Waals surface area contributed by atoms with E-state index in [1.165, 1.54) is 24.3 Å². The standard InChI is InChI=1S/C17H13F6NO/c1-2-25-15(24)11-5-3-10(4-6-11)12-7-13(16(18,19)20)9-14(8-12)17(21,22)23/h3-9,24H,2H2,1H3. The van der Waals surface area contributed by atoms with Crippen LogP contribution in [0.1, 0.15) is 23.6 Å². The van der Waals surface area contributed by atoms with Crippen LogP contribution < -0.4 is 0 Å². The first-order valence-electron chi connectivity index (χ1n) is 7.14. The zero-order valence-electron chi connectivity index (χ0n) is 12.9. The highest BCUT2D eigenvalue weighted by atomic mass is 19.4. The predicted octanol–water partition coefficient (Wildman–Crippen LogP) is 5.75. The van der Waals surface area contributed by atoms with Crippen molar-refractivity contribution in [2.45, 2.75) is 19.3 Å². The van der Waals surface area contributed by atoms with Crippen molar-refractivity contribution in [2.75, 3.05) is 6.61 Å². The van der Waals surface area contributed by atoms with Gasteiger partial charge in [0, 0.05) is 5.56 Å². The number of rotatable bonds is 3. The van der Waals surface area contributed by atoms with E-state index in [-0.39, 0.29) is 29.7 Å². The molecule has 1 N–H and O–H groups in total. The third-order valence-corrected chi connectivity index (χ3v) is 3.36. The molecular formula is C17H13F6NO. The lowest BCUT2D eigenvalue weighted by Gasteiger charge is -2.14. The number of hydrogen-bond acceptors (Lipinski definition) is 2. The summed E-state index contributed by atoms with van der Waals surface area (Å²) >= 11 is 0. The number of ether oxygens (including phenoxy) is 1. The summed E-state index contributed by atoms with van der Waals surface area (Å²) in [7, 11) is 0. The van der Waals surface area contributed by atoms with Gasteiger partial charge in [0.25, 0.3) is 0 Å². The van der Waals surface area contributed by atoms with Gasteiger partial charge in [-0.2, -0.15) is 26.3 Å². The summed E-state index contributed by atoms with van der Waals surface area (Å²) in [5, 5.41) is 7.62. The minimum atomic E-state index is -4.90. The van der Waals surface area contributed by atoms with E-state index in [4.69, 9.17) is 10.1 Å². The second kappa shape index (κ2) is 6.78. The van der Waals surface area contributed by atoms with Crippen LogP contribution in [0.15, 0.2) is 42.5 Å². The Labute approximate surface area is 139 Å². The lowest BCUT2D eigenvalue weighted by atomic mass is 9.98. The first-order chi connectivity index (χ1) is 11.5. The summed E-state index contributed by atoms with van der Waals surface area (Å²) in [5.41, 5.74) is -2.41. The highest BCUT2D eigenvalue weighted by Gasteiger charge is 2.36. The van der Waals surface area contributed by atoms with Crippen LogP contribution in [0.2, 0.25) is 0 Å². The second-order valence-electron chi connectivity index (χ2n) is 5.13. The molecule has 0 aliphatic rings. The fourth-order valence-electron chi connectivity index (χ4n) is 2.16. The Balaban J connectivity index is 2.49. The van der Waals surface area contributed by atoms with E-state index in [9.17, 15) is 26.3 Å². The highest BCUT2D eigenvalue weighted by molar-refractivity contribution is 5.92. The van der Waals surface area contributed by atoms with E-state index in [1.807, 2.05) is 0 Å². The zero-order valence-corrected chi connectivity index (χ0v) is 12.9. The summed E-state index contributed by atoms with van der Waals surface area (Å²) in [6.07, 6.45) is -9.79. The molecule has 2 rings (SSSR count). The van der Waals surface area contributed by atoms with Crippen molar-refractivity contribution in [3.8, 4) is 11.1 Å². The minimum absolute atomic E-state index is 0.0860. The van der Waals surface area contributed by atoms with Gasteiger partial charge < -0.3 is 4.74 Å². The van der Waals surface area contributed by atoms with Crippen LogP contribution in [-0.4, -0.2) is 12.5 Å². The van der Waals surface area contributed by atoms with Crippen LogP contribution in [0, 0.1) is 5.41 Å². The average Bonchev–Trinajstić information content (AvgIpc) is 2.53. The Morgan fingerprint density at radius 3 is 1.72 bits per heavy atom. The van der Waals surface area contributed by atoms with Crippen LogP contribution in [0.25, 0.3) is 11.1 Å². The number of hydrogen-bond donors (Lipinski definition) is 1. The van der Waals surface area contributed by atoms with Gasteiger partial charge in [-0.15, -0.1) is 0 Å². The molecule has 134 valence electrons. The Bertz CT molecular complexity index is 730. The molecule has 0 bridgehead atoms. The Morgan fingerprint density at radius 2 is 1.32 bits per heavy atom. The van der Waals surface area contributed by atoms with Crippen LogP contribution in [-0.2, 0) is 17.1 Å². The quantitative estimate of drug-likeness (QED) is 0.421. The molecule has 0 aliphatic heterocycles. The van der Waals surface area contributed by atoms with Crippen molar-refractivity contribution in [3.63, 3.8) is 0 Å². The van der Waals surface area contributed by atoms with Crippen molar-refractivity contribution in [2.24, 2.45) is 0 Å². The largest absolute Gasteiger partial charge is 0.478 e. The van der Waals surface area contributed by atoms with Gasteiger partial charge in [-0.05, 0) is 48.4 Å². The third-order valence-electron chi connectivity index (χ3n) is 3.36. The summed E-state index contributed by atoms with van der Waals surface area (Å²) < 4.78 is 82.4. The number of alkyl halides is 6. The van der Waals surface area contributed by atoms with Crippen LogP contribution in [0.5, 0.6) is 0 Å². The SMILES string of the molecule is CCOC(=N)c1ccc(-c2cc(C(F)(F)F)cc(C(F)(F)F)c2)cc1. The number of halogens is 6. The van der Waals surface area contributed by atoms with E-state index >= 15 is 0 Å². The van der Waals surface area contributed by atoms with Gasteiger partial charge in [-0.3, -0.25) is 5.41 Å².